The van der Waals surface area contributed by atoms with Gasteiger partial charge in [0, 0.05) is 17.8 Å². The van der Waals surface area contributed by atoms with E-state index >= 15 is 0 Å². The van der Waals surface area contributed by atoms with Crippen LogP contribution in [0.15, 0.2) is 35.0 Å². The van der Waals surface area contributed by atoms with Crippen LogP contribution in [0.25, 0.3) is 0 Å². The SMILES string of the molecule is ClC1(Br)C=CC2=NC=[C]C2=C1. The molecule has 11 heavy (non-hydrogen) atoms. The lowest BCUT2D eigenvalue weighted by Crippen LogP contribution is -2.12. The smallest absolute Gasteiger partial charge is 0.137 e. The number of hydrogen-bond acceptors (Lipinski definition) is 1. The zero-order valence-electron chi connectivity index (χ0n) is 5.51. The second-order valence-electron chi connectivity index (χ2n) is 2.35. The van der Waals surface area contributed by atoms with Crippen LogP contribution >= 0.6 is 27.5 Å². The lowest BCUT2D eigenvalue weighted by Gasteiger charge is -2.15. The van der Waals surface area contributed by atoms with E-state index < -0.39 is 3.78 Å². The van der Waals surface area contributed by atoms with Gasteiger partial charge in [-0.25, -0.2) is 0 Å². The molecule has 0 saturated carbocycles. The third-order valence-electron chi connectivity index (χ3n) is 1.50. The standard InChI is InChI=1S/C8H4BrClN/c9-8(10)3-1-7-6(5-8)2-4-11-7/h1,3-5H. The predicted molar refractivity (Wildman–Crippen MR) is 50.0 cm³/mol. The minimum atomic E-state index is -0.549. The summed E-state index contributed by atoms with van der Waals surface area (Å²) in [6.07, 6.45) is 10.2. The minimum Gasteiger partial charge on any atom is -0.256 e. The van der Waals surface area contributed by atoms with Crippen molar-refractivity contribution in [1.29, 1.82) is 0 Å². The van der Waals surface area contributed by atoms with Gasteiger partial charge in [-0.05, 0) is 18.2 Å². The lowest BCUT2D eigenvalue weighted by molar-refractivity contribution is 1.29. The summed E-state index contributed by atoms with van der Waals surface area (Å²) in [5.41, 5.74) is 1.89. The van der Waals surface area contributed by atoms with Gasteiger partial charge in [-0.3, -0.25) is 4.99 Å². The zero-order chi connectivity index (χ0) is 7.90. The Bertz CT molecular complexity index is 310. The molecule has 1 heterocycles. The zero-order valence-corrected chi connectivity index (χ0v) is 7.85. The molecule has 2 aliphatic rings. The molecule has 0 spiro atoms. The fourth-order valence-corrected chi connectivity index (χ4v) is 1.53. The van der Waals surface area contributed by atoms with Gasteiger partial charge in [-0.2, -0.15) is 0 Å². The highest BCUT2D eigenvalue weighted by atomic mass is 79.9. The molecule has 0 N–H and O–H groups in total. The monoisotopic (exact) mass is 228 g/mol. The average Bonchev–Trinajstić information content (AvgIpc) is 2.31. The van der Waals surface area contributed by atoms with Gasteiger partial charge >= 0.3 is 0 Å². The Morgan fingerprint density at radius 3 is 3.27 bits per heavy atom. The second-order valence-corrected chi connectivity index (χ2v) is 4.75. The number of aliphatic imine (C=N–C) groups is 1. The highest BCUT2D eigenvalue weighted by molar-refractivity contribution is 9.10. The predicted octanol–water partition coefficient (Wildman–Crippen LogP) is 2.58. The van der Waals surface area contributed by atoms with Crippen LogP contribution in [0, 0.1) is 6.08 Å². The number of halogens is 2. The normalized spacial score (nSPS) is 33.3. The molecule has 1 unspecified atom stereocenters. The van der Waals surface area contributed by atoms with Crippen molar-refractivity contribution in [3.05, 3.63) is 36.1 Å². The van der Waals surface area contributed by atoms with Crippen LogP contribution in [0.2, 0.25) is 0 Å². The summed E-state index contributed by atoms with van der Waals surface area (Å²) in [6, 6.07) is 0. The summed E-state index contributed by atoms with van der Waals surface area (Å²) in [7, 11) is 0. The largest absolute Gasteiger partial charge is 0.256 e. The number of nitrogens with zero attached hydrogens (tertiary/aromatic N) is 1. The Hall–Kier alpha value is -0.340. The van der Waals surface area contributed by atoms with E-state index in [1.54, 1.807) is 6.20 Å². The number of alkyl halides is 2. The van der Waals surface area contributed by atoms with Crippen molar-refractivity contribution in [3.8, 4) is 0 Å². The van der Waals surface area contributed by atoms with Crippen LogP contribution in [0.3, 0.4) is 0 Å². The van der Waals surface area contributed by atoms with Gasteiger partial charge in [0.25, 0.3) is 0 Å². The molecule has 1 aliphatic carbocycles. The number of hydrogen-bond donors (Lipinski definition) is 0. The number of allylic oxidation sites excluding steroid dienone is 5. The van der Waals surface area contributed by atoms with Crippen molar-refractivity contribution in [3.63, 3.8) is 0 Å². The quantitative estimate of drug-likeness (QED) is 0.566. The highest BCUT2D eigenvalue weighted by Gasteiger charge is 2.23. The van der Waals surface area contributed by atoms with Gasteiger partial charge < -0.3 is 0 Å². The molecule has 1 nitrogen and oxygen atoms in total. The molecular weight excluding hydrogens is 225 g/mol. The van der Waals surface area contributed by atoms with Crippen LogP contribution in [0.4, 0.5) is 0 Å². The first kappa shape index (κ1) is 7.32. The first-order valence-corrected chi connectivity index (χ1v) is 4.31. The van der Waals surface area contributed by atoms with E-state index in [0.29, 0.717) is 0 Å². The first-order chi connectivity index (χ1) is 5.17. The maximum absolute atomic E-state index is 5.98. The van der Waals surface area contributed by atoms with Crippen LogP contribution in [-0.2, 0) is 0 Å². The Kier molecular flexibility index (Phi) is 1.55. The maximum Gasteiger partial charge on any atom is 0.137 e. The molecule has 1 aliphatic heterocycles. The second kappa shape index (κ2) is 2.32. The van der Waals surface area contributed by atoms with Crippen LogP contribution in [0.1, 0.15) is 0 Å². The van der Waals surface area contributed by atoms with Crippen molar-refractivity contribution in [2.75, 3.05) is 0 Å². The molecule has 2 rings (SSSR count). The number of rotatable bonds is 0. The molecule has 55 valence electrons. The summed E-state index contributed by atoms with van der Waals surface area (Å²) < 4.78 is -0.549. The lowest BCUT2D eigenvalue weighted by atomic mass is 10.1. The molecule has 0 saturated heterocycles. The van der Waals surface area contributed by atoms with E-state index in [0.717, 1.165) is 11.3 Å². The van der Waals surface area contributed by atoms with Gasteiger partial charge in [0.15, 0.2) is 0 Å². The molecule has 1 atom stereocenters. The average molecular weight is 229 g/mol. The molecule has 0 aromatic carbocycles. The fraction of sp³-hybridized carbons (Fsp3) is 0.125. The summed E-state index contributed by atoms with van der Waals surface area (Å²) in [5.74, 6) is 0. The summed E-state index contributed by atoms with van der Waals surface area (Å²) in [4.78, 5) is 4.07. The van der Waals surface area contributed by atoms with Crippen molar-refractivity contribution < 1.29 is 0 Å². The van der Waals surface area contributed by atoms with E-state index in [4.69, 9.17) is 11.6 Å². The number of fused-ring (bicyclic) bond motifs is 1. The van der Waals surface area contributed by atoms with Gasteiger partial charge in [0.2, 0.25) is 0 Å². The summed E-state index contributed by atoms with van der Waals surface area (Å²) in [6.45, 7) is 0. The molecule has 0 aromatic rings. The summed E-state index contributed by atoms with van der Waals surface area (Å²) >= 11 is 9.31. The third-order valence-corrected chi connectivity index (χ3v) is 2.23. The Labute approximate surface area is 78.3 Å². The van der Waals surface area contributed by atoms with Gasteiger partial charge in [0.1, 0.15) is 3.78 Å². The van der Waals surface area contributed by atoms with Gasteiger partial charge in [-0.1, -0.05) is 27.5 Å². The minimum absolute atomic E-state index is 0.549. The Morgan fingerprint density at radius 2 is 2.45 bits per heavy atom. The maximum atomic E-state index is 5.98. The van der Waals surface area contributed by atoms with Crippen LogP contribution in [-0.4, -0.2) is 9.50 Å². The molecule has 0 amide bonds. The van der Waals surface area contributed by atoms with Crippen LogP contribution < -0.4 is 0 Å². The molecule has 0 aromatic heterocycles. The van der Waals surface area contributed by atoms with E-state index in [-0.39, 0.29) is 0 Å². The Morgan fingerprint density at radius 1 is 1.64 bits per heavy atom. The summed E-state index contributed by atoms with van der Waals surface area (Å²) in [5, 5.41) is 0. The van der Waals surface area contributed by atoms with E-state index in [1.807, 2.05) is 18.2 Å². The molecule has 1 radical (unpaired) electrons. The van der Waals surface area contributed by atoms with E-state index in [1.165, 1.54) is 0 Å². The topological polar surface area (TPSA) is 12.4 Å². The molecule has 0 bridgehead atoms. The van der Waals surface area contributed by atoms with E-state index in [2.05, 4.69) is 27.0 Å². The first-order valence-electron chi connectivity index (χ1n) is 3.14. The van der Waals surface area contributed by atoms with Gasteiger partial charge in [0.05, 0.1) is 5.71 Å². The Balaban J connectivity index is 2.45. The van der Waals surface area contributed by atoms with Crippen molar-refractivity contribution in [1.82, 2.24) is 0 Å². The fourth-order valence-electron chi connectivity index (χ4n) is 0.994. The van der Waals surface area contributed by atoms with Crippen LogP contribution in [0.5, 0.6) is 0 Å². The molecule has 3 heteroatoms. The van der Waals surface area contributed by atoms with E-state index in [9.17, 15) is 0 Å². The van der Waals surface area contributed by atoms with Crippen molar-refractivity contribution in [2.24, 2.45) is 4.99 Å². The molecule has 0 fully saturated rings. The van der Waals surface area contributed by atoms with Crippen molar-refractivity contribution in [2.45, 2.75) is 3.78 Å². The van der Waals surface area contributed by atoms with Gasteiger partial charge in [-0.15, -0.1) is 0 Å². The molecular formula is C8H4BrClN. The van der Waals surface area contributed by atoms with Crippen molar-refractivity contribution >= 4 is 33.2 Å². The highest BCUT2D eigenvalue weighted by Crippen LogP contribution is 2.33. The third kappa shape index (κ3) is 1.33.